The first-order chi connectivity index (χ1) is 8.61. The van der Waals surface area contributed by atoms with E-state index in [2.05, 4.69) is 35.0 Å². The Morgan fingerprint density at radius 2 is 2.11 bits per heavy atom. The summed E-state index contributed by atoms with van der Waals surface area (Å²) in [6.45, 7) is 2.09. The lowest BCUT2D eigenvalue weighted by molar-refractivity contribution is 0.409. The molecule has 0 aliphatic rings. The number of hydrogen-bond donors (Lipinski definition) is 0. The fourth-order valence-corrected chi connectivity index (χ4v) is 4.33. The van der Waals surface area contributed by atoms with E-state index in [9.17, 15) is 0 Å². The van der Waals surface area contributed by atoms with Crippen molar-refractivity contribution in [1.29, 1.82) is 0 Å². The van der Waals surface area contributed by atoms with Crippen LogP contribution < -0.4 is 4.74 Å². The molecule has 0 saturated heterocycles. The number of rotatable bonds is 4. The number of para-hydroxylation sites is 1. The van der Waals surface area contributed by atoms with Crippen molar-refractivity contribution in [1.82, 2.24) is 0 Å². The van der Waals surface area contributed by atoms with Crippen molar-refractivity contribution in [3.8, 4) is 5.75 Å². The van der Waals surface area contributed by atoms with Gasteiger partial charge in [0.05, 0.1) is 12.5 Å². The van der Waals surface area contributed by atoms with E-state index in [1.807, 2.05) is 18.2 Å². The molecular formula is C14H14BrClOS. The Morgan fingerprint density at radius 1 is 1.39 bits per heavy atom. The van der Waals surface area contributed by atoms with Crippen LogP contribution in [0.1, 0.15) is 20.7 Å². The zero-order valence-electron chi connectivity index (χ0n) is 10.2. The lowest BCUT2D eigenvalue weighted by Gasteiger charge is -2.12. The van der Waals surface area contributed by atoms with Gasteiger partial charge < -0.3 is 4.74 Å². The summed E-state index contributed by atoms with van der Waals surface area (Å²) in [7, 11) is 1.69. The summed E-state index contributed by atoms with van der Waals surface area (Å²) in [4.78, 5) is 2.45. The maximum absolute atomic E-state index is 6.51. The van der Waals surface area contributed by atoms with Crippen LogP contribution in [0.4, 0.5) is 0 Å². The average molecular weight is 346 g/mol. The van der Waals surface area contributed by atoms with Crippen LogP contribution in [0.5, 0.6) is 5.75 Å². The van der Waals surface area contributed by atoms with Crippen molar-refractivity contribution in [3.63, 3.8) is 0 Å². The predicted molar refractivity (Wildman–Crippen MR) is 82.0 cm³/mol. The number of halogens is 2. The molecule has 4 heteroatoms. The number of benzene rings is 1. The molecule has 0 fully saturated rings. The highest BCUT2D eigenvalue weighted by Crippen LogP contribution is 2.38. The van der Waals surface area contributed by atoms with Crippen LogP contribution in [0.25, 0.3) is 0 Å². The normalized spacial score (nSPS) is 12.4. The molecule has 2 rings (SSSR count). The molecule has 1 heterocycles. The van der Waals surface area contributed by atoms with Gasteiger partial charge in [-0.1, -0.05) is 18.2 Å². The van der Waals surface area contributed by atoms with Crippen LogP contribution >= 0.6 is 38.9 Å². The number of methoxy groups -OCH3 is 1. The van der Waals surface area contributed by atoms with Gasteiger partial charge in [0, 0.05) is 14.2 Å². The average Bonchev–Trinajstić information content (AvgIpc) is 2.69. The summed E-state index contributed by atoms with van der Waals surface area (Å²) >= 11 is 11.8. The quantitative estimate of drug-likeness (QED) is 0.679. The second kappa shape index (κ2) is 6.09. The van der Waals surface area contributed by atoms with E-state index in [1.165, 1.54) is 9.75 Å². The number of ether oxygens (including phenoxy) is 1. The van der Waals surface area contributed by atoms with Gasteiger partial charge in [-0.05, 0) is 47.0 Å². The van der Waals surface area contributed by atoms with E-state index in [0.717, 1.165) is 22.2 Å². The Bertz CT molecular complexity index is 538. The van der Waals surface area contributed by atoms with E-state index in [0.29, 0.717) is 0 Å². The highest BCUT2D eigenvalue weighted by molar-refractivity contribution is 9.10. The van der Waals surface area contributed by atoms with Gasteiger partial charge in [-0.3, -0.25) is 0 Å². The van der Waals surface area contributed by atoms with Crippen molar-refractivity contribution < 1.29 is 4.74 Å². The molecule has 0 spiro atoms. The molecule has 1 atom stereocenters. The first-order valence-electron chi connectivity index (χ1n) is 5.63. The Kier molecular flexibility index (Phi) is 4.71. The lowest BCUT2D eigenvalue weighted by Crippen LogP contribution is -1.97. The molecule has 1 aromatic carbocycles. The van der Waals surface area contributed by atoms with E-state index >= 15 is 0 Å². The summed E-state index contributed by atoms with van der Waals surface area (Å²) < 4.78 is 6.45. The standard InChI is InChI=1S/C14H14BrClOS/c1-9-7-11(15)14(18-9)12(16)8-10-5-3-4-6-13(10)17-2/h3-7,12H,8H2,1-2H3. The molecule has 0 aliphatic heterocycles. The van der Waals surface area contributed by atoms with Gasteiger partial charge in [0.15, 0.2) is 0 Å². The number of hydrogen-bond acceptors (Lipinski definition) is 2. The van der Waals surface area contributed by atoms with E-state index in [-0.39, 0.29) is 5.38 Å². The summed E-state index contributed by atoms with van der Waals surface area (Å²) in [5, 5.41) is -0.0330. The summed E-state index contributed by atoms with van der Waals surface area (Å²) in [5.41, 5.74) is 1.14. The van der Waals surface area contributed by atoms with Gasteiger partial charge >= 0.3 is 0 Å². The molecular weight excluding hydrogens is 332 g/mol. The maximum Gasteiger partial charge on any atom is 0.122 e. The molecule has 0 N–H and O–H groups in total. The van der Waals surface area contributed by atoms with Gasteiger partial charge in [0.1, 0.15) is 5.75 Å². The zero-order chi connectivity index (χ0) is 13.1. The number of alkyl halides is 1. The van der Waals surface area contributed by atoms with Crippen molar-refractivity contribution >= 4 is 38.9 Å². The SMILES string of the molecule is COc1ccccc1CC(Cl)c1sc(C)cc1Br. The lowest BCUT2D eigenvalue weighted by atomic mass is 10.1. The molecule has 1 nitrogen and oxygen atoms in total. The summed E-state index contributed by atoms with van der Waals surface area (Å²) in [6, 6.07) is 10.1. The second-order valence-corrected chi connectivity index (χ2v) is 6.72. The largest absolute Gasteiger partial charge is 0.496 e. The highest BCUT2D eigenvalue weighted by Gasteiger charge is 2.16. The molecule has 1 aromatic heterocycles. The Labute approximate surface area is 125 Å². The molecule has 0 radical (unpaired) electrons. The predicted octanol–water partition coefficient (Wildman–Crippen LogP) is 5.35. The van der Waals surface area contributed by atoms with Crippen molar-refractivity contribution in [2.75, 3.05) is 7.11 Å². The van der Waals surface area contributed by atoms with E-state index in [1.54, 1.807) is 18.4 Å². The smallest absolute Gasteiger partial charge is 0.122 e. The van der Waals surface area contributed by atoms with Crippen LogP contribution in [0.2, 0.25) is 0 Å². The van der Waals surface area contributed by atoms with E-state index in [4.69, 9.17) is 16.3 Å². The van der Waals surface area contributed by atoms with Gasteiger partial charge in [0.25, 0.3) is 0 Å². The van der Waals surface area contributed by atoms with Gasteiger partial charge in [-0.25, -0.2) is 0 Å². The molecule has 96 valence electrons. The first-order valence-corrected chi connectivity index (χ1v) is 7.68. The zero-order valence-corrected chi connectivity index (χ0v) is 13.4. The molecule has 0 saturated carbocycles. The second-order valence-electron chi connectivity index (χ2n) is 4.05. The monoisotopic (exact) mass is 344 g/mol. The fourth-order valence-electron chi connectivity index (χ4n) is 1.87. The molecule has 0 aliphatic carbocycles. The highest BCUT2D eigenvalue weighted by atomic mass is 79.9. The minimum absolute atomic E-state index is 0.0330. The molecule has 2 aromatic rings. The van der Waals surface area contributed by atoms with Crippen molar-refractivity contribution in [2.45, 2.75) is 18.7 Å². The first kappa shape index (κ1) is 13.9. The fraction of sp³-hybridized carbons (Fsp3) is 0.286. The molecule has 0 amide bonds. The van der Waals surface area contributed by atoms with Crippen molar-refractivity contribution in [2.24, 2.45) is 0 Å². The maximum atomic E-state index is 6.51. The third kappa shape index (κ3) is 3.08. The van der Waals surface area contributed by atoms with Crippen molar-refractivity contribution in [3.05, 3.63) is 50.1 Å². The molecule has 1 unspecified atom stereocenters. The Hall–Kier alpha value is -0.510. The van der Waals surface area contributed by atoms with Crippen LogP contribution in [0, 0.1) is 6.92 Å². The third-order valence-corrected chi connectivity index (χ3v) is 5.30. The Balaban J connectivity index is 2.21. The van der Waals surface area contributed by atoms with Crippen LogP contribution in [-0.4, -0.2) is 7.11 Å². The minimum atomic E-state index is -0.0330. The third-order valence-electron chi connectivity index (χ3n) is 2.71. The molecule has 18 heavy (non-hydrogen) atoms. The molecule has 0 bridgehead atoms. The van der Waals surface area contributed by atoms with Crippen LogP contribution in [0.15, 0.2) is 34.8 Å². The summed E-state index contributed by atoms with van der Waals surface area (Å²) in [6.07, 6.45) is 0.768. The van der Waals surface area contributed by atoms with Gasteiger partial charge in [-0.2, -0.15) is 0 Å². The van der Waals surface area contributed by atoms with Crippen LogP contribution in [-0.2, 0) is 6.42 Å². The van der Waals surface area contributed by atoms with E-state index < -0.39 is 0 Å². The van der Waals surface area contributed by atoms with Crippen LogP contribution in [0.3, 0.4) is 0 Å². The number of aryl methyl sites for hydroxylation is 1. The summed E-state index contributed by atoms with van der Waals surface area (Å²) in [5.74, 6) is 0.896. The minimum Gasteiger partial charge on any atom is -0.496 e. The van der Waals surface area contributed by atoms with Gasteiger partial charge in [-0.15, -0.1) is 22.9 Å². The Morgan fingerprint density at radius 3 is 2.72 bits per heavy atom. The number of thiophene rings is 1. The van der Waals surface area contributed by atoms with Gasteiger partial charge in [0.2, 0.25) is 0 Å². The topological polar surface area (TPSA) is 9.23 Å².